The van der Waals surface area contributed by atoms with Crippen molar-refractivity contribution in [3.05, 3.63) is 60.3 Å². The summed E-state index contributed by atoms with van der Waals surface area (Å²) >= 11 is 0. The summed E-state index contributed by atoms with van der Waals surface area (Å²) in [6.45, 7) is 2.62. The van der Waals surface area contributed by atoms with Crippen LogP contribution in [0.3, 0.4) is 0 Å². The number of aromatic nitrogens is 2. The number of para-hydroxylation sites is 1. The van der Waals surface area contributed by atoms with Crippen LogP contribution in [0.4, 0.5) is 23.0 Å². The van der Waals surface area contributed by atoms with Crippen LogP contribution < -0.4 is 16.4 Å². The largest absolute Gasteiger partial charge is 0.467 e. The fraction of sp³-hybridized carbons (Fsp3) is 0.176. The van der Waals surface area contributed by atoms with Crippen LogP contribution >= 0.6 is 0 Å². The summed E-state index contributed by atoms with van der Waals surface area (Å²) in [6.07, 6.45) is 4.05. The summed E-state index contributed by atoms with van der Waals surface area (Å²) in [5.74, 6) is 1.98. The highest BCUT2D eigenvalue weighted by Crippen LogP contribution is 2.27. The van der Waals surface area contributed by atoms with Crippen molar-refractivity contribution in [1.29, 1.82) is 0 Å². The number of rotatable bonds is 6. The van der Waals surface area contributed by atoms with Crippen LogP contribution in [0.5, 0.6) is 0 Å². The molecule has 0 spiro atoms. The van der Waals surface area contributed by atoms with Gasteiger partial charge in [0.1, 0.15) is 17.8 Å². The SMILES string of the molecule is CCc1ccccc1Nc1ncnc(NCc2ccco2)c1N. The van der Waals surface area contributed by atoms with Gasteiger partial charge in [-0.15, -0.1) is 0 Å². The van der Waals surface area contributed by atoms with Crippen molar-refractivity contribution in [3.63, 3.8) is 0 Å². The van der Waals surface area contributed by atoms with Crippen LogP contribution in [0.2, 0.25) is 0 Å². The third kappa shape index (κ3) is 3.42. The number of hydrogen-bond acceptors (Lipinski definition) is 6. The predicted octanol–water partition coefficient (Wildman–Crippen LogP) is 3.57. The van der Waals surface area contributed by atoms with E-state index < -0.39 is 0 Å². The first-order valence-corrected chi connectivity index (χ1v) is 7.49. The third-order valence-corrected chi connectivity index (χ3v) is 3.55. The van der Waals surface area contributed by atoms with Gasteiger partial charge in [0, 0.05) is 5.69 Å². The topological polar surface area (TPSA) is 89.0 Å². The summed E-state index contributed by atoms with van der Waals surface area (Å²) in [7, 11) is 0. The monoisotopic (exact) mass is 309 g/mol. The molecule has 0 unspecified atom stereocenters. The zero-order valence-electron chi connectivity index (χ0n) is 12.9. The Hall–Kier alpha value is -3.02. The lowest BCUT2D eigenvalue weighted by Gasteiger charge is -2.14. The van der Waals surface area contributed by atoms with E-state index in [1.165, 1.54) is 11.9 Å². The number of hydrogen-bond donors (Lipinski definition) is 3. The zero-order valence-corrected chi connectivity index (χ0v) is 12.9. The number of anilines is 4. The lowest BCUT2D eigenvalue weighted by atomic mass is 10.1. The third-order valence-electron chi connectivity index (χ3n) is 3.55. The van der Waals surface area contributed by atoms with Crippen molar-refractivity contribution in [1.82, 2.24) is 9.97 Å². The van der Waals surface area contributed by atoms with E-state index in [9.17, 15) is 0 Å². The molecule has 0 saturated heterocycles. The Morgan fingerprint density at radius 2 is 1.91 bits per heavy atom. The molecular formula is C17H19N5O. The Balaban J connectivity index is 1.79. The Morgan fingerprint density at radius 3 is 2.70 bits per heavy atom. The van der Waals surface area contributed by atoms with E-state index in [-0.39, 0.29) is 0 Å². The van der Waals surface area contributed by atoms with Crippen LogP contribution in [-0.4, -0.2) is 9.97 Å². The summed E-state index contributed by atoms with van der Waals surface area (Å²) < 4.78 is 5.29. The van der Waals surface area contributed by atoms with Crippen molar-refractivity contribution in [3.8, 4) is 0 Å². The van der Waals surface area contributed by atoms with Crippen molar-refractivity contribution in [2.75, 3.05) is 16.4 Å². The normalized spacial score (nSPS) is 10.5. The molecule has 4 N–H and O–H groups in total. The molecule has 0 fully saturated rings. The van der Waals surface area contributed by atoms with Gasteiger partial charge in [0.15, 0.2) is 11.6 Å². The van der Waals surface area contributed by atoms with Crippen molar-refractivity contribution in [2.45, 2.75) is 19.9 Å². The number of nitrogen functional groups attached to an aromatic ring is 1. The smallest absolute Gasteiger partial charge is 0.159 e. The van der Waals surface area contributed by atoms with Gasteiger partial charge in [-0.2, -0.15) is 0 Å². The van der Waals surface area contributed by atoms with Gasteiger partial charge in [-0.3, -0.25) is 0 Å². The Labute approximate surface area is 134 Å². The fourth-order valence-corrected chi connectivity index (χ4v) is 2.30. The van der Waals surface area contributed by atoms with E-state index >= 15 is 0 Å². The van der Waals surface area contributed by atoms with Crippen LogP contribution in [-0.2, 0) is 13.0 Å². The second kappa shape index (κ2) is 6.83. The summed E-state index contributed by atoms with van der Waals surface area (Å²) in [5.41, 5.74) is 8.86. The average Bonchev–Trinajstić information content (AvgIpc) is 3.09. The van der Waals surface area contributed by atoms with Gasteiger partial charge in [-0.1, -0.05) is 25.1 Å². The highest BCUT2D eigenvalue weighted by Gasteiger charge is 2.10. The van der Waals surface area contributed by atoms with Crippen molar-refractivity contribution in [2.24, 2.45) is 0 Å². The van der Waals surface area contributed by atoms with E-state index in [1.54, 1.807) is 6.26 Å². The molecule has 1 aromatic carbocycles. The number of nitrogens with two attached hydrogens (primary N) is 1. The Morgan fingerprint density at radius 1 is 1.09 bits per heavy atom. The van der Waals surface area contributed by atoms with Crippen LogP contribution in [0.1, 0.15) is 18.2 Å². The molecular weight excluding hydrogens is 290 g/mol. The van der Waals surface area contributed by atoms with Gasteiger partial charge < -0.3 is 20.8 Å². The molecule has 3 aromatic rings. The average molecular weight is 309 g/mol. The van der Waals surface area contributed by atoms with Gasteiger partial charge in [-0.05, 0) is 30.2 Å². The van der Waals surface area contributed by atoms with Crippen LogP contribution in [0.15, 0.2) is 53.4 Å². The quantitative estimate of drug-likeness (QED) is 0.645. The van der Waals surface area contributed by atoms with E-state index in [4.69, 9.17) is 10.2 Å². The minimum atomic E-state index is 0.477. The Bertz CT molecular complexity index is 770. The zero-order chi connectivity index (χ0) is 16.1. The molecule has 0 bridgehead atoms. The lowest BCUT2D eigenvalue weighted by molar-refractivity contribution is 0.518. The predicted molar refractivity (Wildman–Crippen MR) is 91.6 cm³/mol. The fourth-order valence-electron chi connectivity index (χ4n) is 2.30. The molecule has 6 heteroatoms. The molecule has 0 aliphatic rings. The summed E-state index contributed by atoms with van der Waals surface area (Å²) in [6, 6.07) is 11.8. The van der Waals surface area contributed by atoms with Crippen molar-refractivity contribution < 1.29 is 4.42 Å². The molecule has 2 heterocycles. The van der Waals surface area contributed by atoms with E-state index in [2.05, 4.69) is 33.6 Å². The number of benzene rings is 1. The summed E-state index contributed by atoms with van der Waals surface area (Å²) in [5, 5.41) is 6.45. The van der Waals surface area contributed by atoms with Crippen LogP contribution in [0.25, 0.3) is 0 Å². The first-order valence-electron chi connectivity index (χ1n) is 7.49. The number of furan rings is 1. The first-order chi connectivity index (χ1) is 11.3. The Kier molecular flexibility index (Phi) is 4.42. The maximum absolute atomic E-state index is 6.18. The maximum Gasteiger partial charge on any atom is 0.159 e. The molecule has 118 valence electrons. The van der Waals surface area contributed by atoms with E-state index in [0.717, 1.165) is 17.9 Å². The molecule has 23 heavy (non-hydrogen) atoms. The highest BCUT2D eigenvalue weighted by molar-refractivity contribution is 5.78. The molecule has 3 rings (SSSR count). The second-order valence-electron chi connectivity index (χ2n) is 5.05. The molecule has 0 aliphatic heterocycles. The molecule has 0 atom stereocenters. The van der Waals surface area contributed by atoms with Gasteiger partial charge in [0.2, 0.25) is 0 Å². The number of nitrogens with one attached hydrogen (secondary N) is 2. The molecule has 0 amide bonds. The number of nitrogens with zero attached hydrogens (tertiary/aromatic N) is 2. The van der Waals surface area contributed by atoms with E-state index in [1.807, 2.05) is 30.3 Å². The summed E-state index contributed by atoms with van der Waals surface area (Å²) in [4.78, 5) is 8.44. The van der Waals surface area contributed by atoms with Gasteiger partial charge in [-0.25, -0.2) is 9.97 Å². The van der Waals surface area contributed by atoms with Crippen molar-refractivity contribution >= 4 is 23.0 Å². The molecule has 6 nitrogen and oxygen atoms in total. The minimum Gasteiger partial charge on any atom is -0.467 e. The van der Waals surface area contributed by atoms with Crippen LogP contribution in [0, 0.1) is 0 Å². The lowest BCUT2D eigenvalue weighted by Crippen LogP contribution is -2.08. The molecule has 0 saturated carbocycles. The van der Waals surface area contributed by atoms with Gasteiger partial charge in [0.25, 0.3) is 0 Å². The number of aryl methyl sites for hydroxylation is 1. The highest BCUT2D eigenvalue weighted by atomic mass is 16.3. The molecule has 2 aromatic heterocycles. The first kappa shape index (κ1) is 14.9. The second-order valence-corrected chi connectivity index (χ2v) is 5.05. The maximum atomic E-state index is 6.18. The molecule has 0 aliphatic carbocycles. The van der Waals surface area contributed by atoms with Gasteiger partial charge >= 0.3 is 0 Å². The van der Waals surface area contributed by atoms with Gasteiger partial charge in [0.05, 0.1) is 12.8 Å². The van der Waals surface area contributed by atoms with E-state index in [0.29, 0.717) is 23.9 Å². The molecule has 0 radical (unpaired) electrons. The standard InChI is InChI=1S/C17H19N5O/c1-2-12-6-3-4-8-14(12)22-17-15(18)16(20-11-21-17)19-10-13-7-5-9-23-13/h3-9,11H,2,10,18H2,1H3,(H2,19,20,21,22). The minimum absolute atomic E-state index is 0.477.